The van der Waals surface area contributed by atoms with Gasteiger partial charge in [-0.15, -0.1) is 0 Å². The molecule has 1 amide bonds. The van der Waals surface area contributed by atoms with Crippen molar-refractivity contribution < 1.29 is 13.9 Å². The van der Waals surface area contributed by atoms with Crippen molar-refractivity contribution in [3.05, 3.63) is 79.3 Å². The van der Waals surface area contributed by atoms with Crippen LogP contribution in [0.1, 0.15) is 19.8 Å². The number of aromatic nitrogens is 7. The fraction of sp³-hybridized carbons (Fsp3) is 0.294. The molecule has 238 valence electrons. The Kier molecular flexibility index (Phi) is 7.15. The topological polar surface area (TPSA) is 119 Å². The van der Waals surface area contributed by atoms with Crippen LogP contribution in [0.3, 0.4) is 0 Å². The van der Waals surface area contributed by atoms with Crippen molar-refractivity contribution in [1.82, 2.24) is 39.2 Å². The highest BCUT2D eigenvalue weighted by atomic mass is 19.1. The molecule has 0 saturated carbocycles. The quantitative estimate of drug-likeness (QED) is 0.295. The Morgan fingerprint density at radius 1 is 1.06 bits per heavy atom. The zero-order chi connectivity index (χ0) is 32.1. The highest BCUT2D eigenvalue weighted by Gasteiger charge is 2.40. The van der Waals surface area contributed by atoms with E-state index >= 15 is 0 Å². The Balaban J connectivity index is 1.20. The molecule has 8 rings (SSSR count). The number of hydrogen-bond acceptors (Lipinski definition) is 9. The molecule has 2 aromatic carbocycles. The van der Waals surface area contributed by atoms with Gasteiger partial charge in [0, 0.05) is 43.9 Å². The van der Waals surface area contributed by atoms with Crippen LogP contribution in [0.5, 0.6) is 5.75 Å². The number of halogens is 1. The first kappa shape index (κ1) is 28.9. The van der Waals surface area contributed by atoms with Crippen LogP contribution in [0, 0.1) is 5.82 Å². The Labute approximate surface area is 269 Å². The summed E-state index contributed by atoms with van der Waals surface area (Å²) in [6.07, 6.45) is 6.37. The number of hydrogen-bond donors (Lipinski definition) is 1. The van der Waals surface area contributed by atoms with Gasteiger partial charge in [0.15, 0.2) is 5.65 Å². The van der Waals surface area contributed by atoms with Gasteiger partial charge in [-0.05, 0) is 50.1 Å². The molecule has 1 N–H and O–H groups in total. The van der Waals surface area contributed by atoms with E-state index in [4.69, 9.17) is 14.7 Å². The number of carbonyl (C=O) groups excluding carboxylic acids is 1. The van der Waals surface area contributed by atoms with Crippen LogP contribution in [0.4, 0.5) is 16.0 Å². The normalized spacial score (nSPS) is 18.3. The number of carbonyl (C=O) groups is 1. The lowest BCUT2D eigenvalue weighted by molar-refractivity contribution is -0.132. The van der Waals surface area contributed by atoms with Crippen LogP contribution in [0.25, 0.3) is 39.0 Å². The number of methoxy groups -OCH3 is 1. The average Bonchev–Trinajstić information content (AvgIpc) is 3.83. The van der Waals surface area contributed by atoms with Crippen molar-refractivity contribution in [2.45, 2.75) is 38.4 Å². The summed E-state index contributed by atoms with van der Waals surface area (Å²) in [5.74, 6) is 1.30. The summed E-state index contributed by atoms with van der Waals surface area (Å²) in [6.45, 7) is 4.43. The van der Waals surface area contributed by atoms with Crippen LogP contribution < -0.4 is 15.0 Å². The van der Waals surface area contributed by atoms with Gasteiger partial charge >= 0.3 is 0 Å². The number of nitrogens with zero attached hydrogens (tertiary/aromatic N) is 9. The van der Waals surface area contributed by atoms with Gasteiger partial charge in [0.2, 0.25) is 5.91 Å². The fourth-order valence-corrected chi connectivity index (χ4v) is 6.92. The number of fused-ring (bicyclic) bond motifs is 6. The van der Waals surface area contributed by atoms with Gasteiger partial charge in [0.25, 0.3) is 0 Å². The smallest absolute Gasteiger partial charge is 0.245 e. The van der Waals surface area contributed by atoms with Crippen LogP contribution >= 0.6 is 0 Å². The second kappa shape index (κ2) is 11.6. The van der Waals surface area contributed by atoms with Crippen LogP contribution in [0.2, 0.25) is 0 Å². The summed E-state index contributed by atoms with van der Waals surface area (Å²) in [5.41, 5.74) is 4.91. The van der Waals surface area contributed by atoms with Gasteiger partial charge in [-0.25, -0.2) is 29.0 Å². The second-order valence-corrected chi connectivity index (χ2v) is 11.8. The van der Waals surface area contributed by atoms with Crippen molar-refractivity contribution in [2.24, 2.45) is 0 Å². The number of anilines is 2. The first-order valence-electron chi connectivity index (χ1n) is 15.8. The third kappa shape index (κ3) is 4.98. The molecule has 0 unspecified atom stereocenters. The van der Waals surface area contributed by atoms with Crippen molar-refractivity contribution in [3.8, 4) is 22.7 Å². The summed E-state index contributed by atoms with van der Waals surface area (Å²) < 4.78 is 23.2. The van der Waals surface area contributed by atoms with E-state index in [9.17, 15) is 9.18 Å². The molecule has 6 aromatic rings. The van der Waals surface area contributed by atoms with E-state index in [1.165, 1.54) is 25.6 Å². The number of rotatable bonds is 4. The predicted molar refractivity (Wildman–Crippen MR) is 176 cm³/mol. The molecular weight excluding hydrogens is 599 g/mol. The predicted octanol–water partition coefficient (Wildman–Crippen LogP) is 4.69. The van der Waals surface area contributed by atoms with Crippen LogP contribution in [0.15, 0.2) is 73.4 Å². The van der Waals surface area contributed by atoms with Gasteiger partial charge in [-0.1, -0.05) is 18.2 Å². The molecule has 2 aliphatic heterocycles. The van der Waals surface area contributed by atoms with Crippen molar-refractivity contribution in [2.75, 3.05) is 37.0 Å². The van der Waals surface area contributed by atoms with Crippen LogP contribution in [-0.2, 0) is 11.3 Å². The molecule has 4 bridgehead atoms. The number of benzene rings is 2. The number of aryl methyl sites for hydroxylation is 1. The summed E-state index contributed by atoms with van der Waals surface area (Å²) in [5, 5.41) is 8.89. The van der Waals surface area contributed by atoms with E-state index in [-0.39, 0.29) is 11.9 Å². The maximum Gasteiger partial charge on any atom is 0.245 e. The molecule has 13 heteroatoms. The second-order valence-electron chi connectivity index (χ2n) is 11.8. The summed E-state index contributed by atoms with van der Waals surface area (Å²) in [4.78, 5) is 37.3. The number of amides is 1. The highest BCUT2D eigenvalue weighted by Crippen LogP contribution is 2.35. The number of imidazole rings is 1. The van der Waals surface area contributed by atoms with Gasteiger partial charge in [-0.3, -0.25) is 4.79 Å². The number of pyridine rings is 1. The maximum atomic E-state index is 14.4. The number of ether oxygens (including phenoxy) is 1. The SMILES string of the molecule is CCN1CCCn2cnc3cccc(c32)-c2cccc(n2)N[C@H]2C[C@@H](C1=O)N(c1ncnc3c1cnn3-c1ccc(F)cc1OC)C2. The number of nitrogens with one attached hydrogen (secondary N) is 1. The Morgan fingerprint density at radius 2 is 1.96 bits per heavy atom. The van der Waals surface area contributed by atoms with Gasteiger partial charge in [-0.2, -0.15) is 5.10 Å². The number of likely N-dealkylation sites (N-methyl/N-ethyl adjacent to an activating group) is 1. The first-order chi connectivity index (χ1) is 23.0. The highest BCUT2D eigenvalue weighted by molar-refractivity contribution is 5.93. The minimum Gasteiger partial charge on any atom is -0.494 e. The van der Waals surface area contributed by atoms with E-state index < -0.39 is 11.9 Å². The molecule has 2 aliphatic rings. The van der Waals surface area contributed by atoms with Crippen molar-refractivity contribution in [3.63, 3.8) is 0 Å². The first-order valence-corrected chi connectivity index (χ1v) is 15.8. The molecule has 12 nitrogen and oxygen atoms in total. The molecule has 47 heavy (non-hydrogen) atoms. The molecule has 0 radical (unpaired) electrons. The van der Waals surface area contributed by atoms with Crippen molar-refractivity contribution in [1.29, 1.82) is 0 Å². The lowest BCUT2D eigenvalue weighted by Gasteiger charge is -2.30. The van der Waals surface area contributed by atoms with Gasteiger partial charge in [0.1, 0.15) is 41.3 Å². The van der Waals surface area contributed by atoms with E-state index in [2.05, 4.69) is 35.9 Å². The molecular formula is C34H33FN10O2. The Morgan fingerprint density at radius 3 is 2.83 bits per heavy atom. The van der Waals surface area contributed by atoms with Crippen LogP contribution in [-0.4, -0.2) is 83.9 Å². The average molecular weight is 633 g/mol. The number of para-hydroxylation sites is 1. The summed E-state index contributed by atoms with van der Waals surface area (Å²) in [7, 11) is 1.49. The molecule has 6 heterocycles. The largest absolute Gasteiger partial charge is 0.494 e. The van der Waals surface area contributed by atoms with E-state index in [1.807, 2.05) is 48.5 Å². The van der Waals surface area contributed by atoms with Gasteiger partial charge < -0.3 is 24.4 Å². The Hall–Kier alpha value is -5.59. The standard InChI is InChI=1S/C34H33FN10O2/c1-3-42-13-6-14-43-20-38-26-9-4-7-23(31(26)43)25-8-5-10-30(41-25)40-22-16-28(34(42)46)44(18-22)32-24-17-39-45(33(24)37-19-36-32)27-12-11-21(35)15-29(27)47-2/h4-5,7-12,15,17,19-20,22,28H,3,6,13-14,16,18H2,1-2H3,(H,40,41)/t22-,28-/m0/s1. The molecule has 4 aromatic heterocycles. The third-order valence-corrected chi connectivity index (χ3v) is 9.11. The third-order valence-electron chi connectivity index (χ3n) is 9.11. The van der Waals surface area contributed by atoms with E-state index in [0.29, 0.717) is 60.9 Å². The zero-order valence-corrected chi connectivity index (χ0v) is 26.0. The Bertz CT molecular complexity index is 2130. The monoisotopic (exact) mass is 632 g/mol. The molecule has 1 saturated heterocycles. The maximum absolute atomic E-state index is 14.4. The minimum atomic E-state index is -0.472. The lowest BCUT2D eigenvalue weighted by Crippen LogP contribution is -2.46. The zero-order valence-electron chi connectivity index (χ0n) is 26.0. The molecule has 1 fully saturated rings. The van der Waals surface area contributed by atoms with E-state index in [1.54, 1.807) is 16.9 Å². The molecule has 0 spiro atoms. The molecule has 0 aliphatic carbocycles. The summed E-state index contributed by atoms with van der Waals surface area (Å²) in [6, 6.07) is 15.8. The summed E-state index contributed by atoms with van der Waals surface area (Å²) >= 11 is 0. The fourth-order valence-electron chi connectivity index (χ4n) is 6.92. The van der Waals surface area contributed by atoms with Crippen molar-refractivity contribution >= 4 is 39.6 Å². The van der Waals surface area contributed by atoms with E-state index in [0.717, 1.165) is 34.5 Å². The lowest BCUT2D eigenvalue weighted by atomic mass is 10.1. The van der Waals surface area contributed by atoms with Gasteiger partial charge in [0.05, 0.1) is 41.7 Å². The minimum absolute atomic E-state index is 0.0453. The molecule has 2 atom stereocenters.